The molecule has 9 heteroatoms. The van der Waals surface area contributed by atoms with Crippen molar-refractivity contribution >= 4 is 20.8 Å². The minimum atomic E-state index is -2.30. The average Bonchev–Trinajstić information content (AvgIpc) is 3.46. The predicted octanol–water partition coefficient (Wildman–Crippen LogP) is 5.69. The van der Waals surface area contributed by atoms with Gasteiger partial charge in [-0.3, -0.25) is 4.79 Å². The molecule has 0 N–H and O–H groups in total. The van der Waals surface area contributed by atoms with Crippen LogP contribution in [0.2, 0.25) is 18.1 Å². The van der Waals surface area contributed by atoms with E-state index >= 15 is 0 Å². The topological polar surface area (TPSA) is 84.8 Å². The van der Waals surface area contributed by atoms with Crippen molar-refractivity contribution in [1.82, 2.24) is 0 Å². The van der Waals surface area contributed by atoms with E-state index < -0.39 is 32.4 Å². The smallest absolute Gasteiger partial charge is 0.231 e. The van der Waals surface area contributed by atoms with Crippen LogP contribution in [0.5, 0.6) is 11.5 Å². The van der Waals surface area contributed by atoms with Crippen LogP contribution < -0.4 is 9.47 Å². The molecule has 0 aromatic heterocycles. The molecule has 8 nitrogen and oxygen atoms in total. The minimum Gasteiger partial charge on any atom is -0.454 e. The van der Waals surface area contributed by atoms with E-state index in [4.69, 9.17) is 28.2 Å². The summed E-state index contributed by atoms with van der Waals surface area (Å²) in [7, 11) is -2.30. The van der Waals surface area contributed by atoms with E-state index in [0.29, 0.717) is 29.2 Å². The van der Waals surface area contributed by atoms with Crippen LogP contribution in [0.3, 0.4) is 0 Å². The van der Waals surface area contributed by atoms with Gasteiger partial charge in [0, 0.05) is 17.2 Å². The lowest BCUT2D eigenvalue weighted by molar-refractivity contribution is -0.148. The summed E-state index contributed by atoms with van der Waals surface area (Å²) in [5, 5.41) is 4.11. The first-order valence-corrected chi connectivity index (χ1v) is 15.9. The molecular formula is C30H37NO7Si. The van der Waals surface area contributed by atoms with Crippen molar-refractivity contribution in [3.05, 3.63) is 59.2 Å². The molecule has 0 radical (unpaired) electrons. The summed E-state index contributed by atoms with van der Waals surface area (Å²) in [6, 6.07) is 13.2. The summed E-state index contributed by atoms with van der Waals surface area (Å²) in [4.78, 5) is 17.3. The summed E-state index contributed by atoms with van der Waals surface area (Å²) in [5.74, 6) is 6.60. The van der Waals surface area contributed by atoms with Gasteiger partial charge in [-0.15, -0.1) is 0 Å². The van der Waals surface area contributed by atoms with Crippen LogP contribution in [0.1, 0.15) is 56.1 Å². The molecule has 0 aliphatic carbocycles. The van der Waals surface area contributed by atoms with Crippen molar-refractivity contribution in [2.24, 2.45) is 5.16 Å². The summed E-state index contributed by atoms with van der Waals surface area (Å²) < 4.78 is 30.2. The lowest BCUT2D eigenvalue weighted by Crippen LogP contribution is -2.49. The first-order valence-electron chi connectivity index (χ1n) is 13.0. The molecule has 39 heavy (non-hydrogen) atoms. The first-order chi connectivity index (χ1) is 18.4. The molecule has 2 aliphatic heterocycles. The van der Waals surface area contributed by atoms with Gasteiger partial charge in [0.15, 0.2) is 31.9 Å². The number of rotatable bonds is 8. The molecule has 3 atom stereocenters. The Labute approximate surface area is 231 Å². The van der Waals surface area contributed by atoms with E-state index in [0.717, 1.165) is 11.8 Å². The Morgan fingerprint density at radius 1 is 1.13 bits per heavy atom. The Hall–Kier alpha value is -3.16. The number of hydrogen-bond acceptors (Lipinski definition) is 8. The summed E-state index contributed by atoms with van der Waals surface area (Å²) in [6.45, 7) is 14.9. The number of carbonyl (C=O) groups excluding carboxylic acids is 1. The highest BCUT2D eigenvalue weighted by Crippen LogP contribution is 2.40. The van der Waals surface area contributed by atoms with Crippen molar-refractivity contribution < 1.29 is 33.0 Å². The minimum absolute atomic E-state index is 0.0724. The molecule has 0 amide bonds. The van der Waals surface area contributed by atoms with Gasteiger partial charge in [-0.2, -0.15) is 0 Å². The number of nitrogens with zero attached hydrogens (tertiary/aromatic N) is 1. The Balaban J connectivity index is 1.63. The van der Waals surface area contributed by atoms with Crippen LogP contribution in [0.25, 0.3) is 0 Å². The fraction of sp³-hybridized carbons (Fsp3) is 0.467. The quantitative estimate of drug-likeness (QED) is 0.137. The molecule has 0 saturated carbocycles. The molecule has 1 saturated heterocycles. The molecule has 2 aromatic carbocycles. The van der Waals surface area contributed by atoms with Crippen LogP contribution in [0, 0.1) is 11.8 Å². The normalized spacial score (nSPS) is 20.9. The lowest BCUT2D eigenvalue weighted by atomic mass is 10.1. The monoisotopic (exact) mass is 551 g/mol. The van der Waals surface area contributed by atoms with Gasteiger partial charge in [-0.25, -0.2) is 0 Å². The third-order valence-electron chi connectivity index (χ3n) is 7.07. The number of benzene rings is 2. The van der Waals surface area contributed by atoms with Gasteiger partial charge in [0.2, 0.25) is 6.79 Å². The van der Waals surface area contributed by atoms with Crippen molar-refractivity contribution in [3.8, 4) is 23.3 Å². The largest absolute Gasteiger partial charge is 0.454 e. The van der Waals surface area contributed by atoms with Crippen LogP contribution in [-0.4, -0.2) is 51.7 Å². The summed E-state index contributed by atoms with van der Waals surface area (Å²) in [6.07, 6.45) is 0.543. The van der Waals surface area contributed by atoms with Gasteiger partial charge >= 0.3 is 0 Å². The standard InChI is InChI=1S/C30H37NO7Si/c1-29(2,3)39(6,7)38-24(14-13-22-15-25-26(34-20-33-25)16-23(22)18-32)28-27(36-30(4,5)37-28)17-31-35-19-21-11-9-8-10-12-21/h8-12,15-18,24,27-28H,19-20H2,1-7H3/b31-17+/t24-,27-,28+/m1/s1. The average molecular weight is 552 g/mol. The van der Waals surface area contributed by atoms with Crippen molar-refractivity contribution in [2.45, 2.75) is 83.5 Å². The van der Waals surface area contributed by atoms with Gasteiger partial charge in [-0.1, -0.05) is 68.1 Å². The van der Waals surface area contributed by atoms with Crippen LogP contribution in [0.4, 0.5) is 0 Å². The Kier molecular flexibility index (Phi) is 8.52. The third kappa shape index (κ3) is 7.08. The van der Waals surface area contributed by atoms with Crippen LogP contribution in [-0.2, 0) is 25.3 Å². The zero-order valence-electron chi connectivity index (χ0n) is 23.6. The molecular weight excluding hydrogens is 514 g/mol. The highest BCUT2D eigenvalue weighted by molar-refractivity contribution is 6.74. The summed E-state index contributed by atoms with van der Waals surface area (Å²) >= 11 is 0. The second-order valence-electron chi connectivity index (χ2n) is 11.6. The number of fused-ring (bicyclic) bond motifs is 1. The second kappa shape index (κ2) is 11.5. The zero-order chi connectivity index (χ0) is 28.3. The molecule has 0 bridgehead atoms. The maximum absolute atomic E-state index is 11.8. The molecule has 0 spiro atoms. The SMILES string of the molecule is CC1(C)O[C@@H]([C@@H](C#Cc2cc3c(cc2C=O)OCO3)O[Si](C)(C)C(C)(C)C)[C@@H](/C=N/OCc2ccccc2)O1. The predicted molar refractivity (Wildman–Crippen MR) is 150 cm³/mol. The van der Waals surface area contributed by atoms with Gasteiger partial charge in [-0.05, 0) is 43.6 Å². The third-order valence-corrected chi connectivity index (χ3v) is 11.5. The summed E-state index contributed by atoms with van der Waals surface area (Å²) in [5.41, 5.74) is 1.94. The van der Waals surface area contributed by atoms with E-state index in [2.05, 4.69) is 50.9 Å². The van der Waals surface area contributed by atoms with Gasteiger partial charge in [0.25, 0.3) is 0 Å². The molecule has 2 aromatic rings. The highest BCUT2D eigenvalue weighted by Gasteiger charge is 2.48. The van der Waals surface area contributed by atoms with Gasteiger partial charge in [0.1, 0.15) is 24.9 Å². The Morgan fingerprint density at radius 3 is 2.49 bits per heavy atom. The maximum atomic E-state index is 11.8. The van der Waals surface area contributed by atoms with Gasteiger partial charge in [0.05, 0.1) is 6.21 Å². The molecule has 2 heterocycles. The van der Waals surface area contributed by atoms with Crippen molar-refractivity contribution in [3.63, 3.8) is 0 Å². The van der Waals surface area contributed by atoms with E-state index in [1.165, 1.54) is 0 Å². The molecule has 0 unspecified atom stereocenters. The first kappa shape index (κ1) is 28.8. The van der Waals surface area contributed by atoms with Crippen molar-refractivity contribution in [1.29, 1.82) is 0 Å². The van der Waals surface area contributed by atoms with E-state index in [-0.39, 0.29) is 11.8 Å². The fourth-order valence-electron chi connectivity index (χ4n) is 3.94. The Morgan fingerprint density at radius 2 is 1.82 bits per heavy atom. The highest BCUT2D eigenvalue weighted by atomic mass is 28.4. The van der Waals surface area contributed by atoms with E-state index in [1.807, 2.05) is 44.2 Å². The Bertz CT molecular complexity index is 1260. The van der Waals surface area contributed by atoms with E-state index in [9.17, 15) is 4.79 Å². The van der Waals surface area contributed by atoms with Crippen LogP contribution >= 0.6 is 0 Å². The van der Waals surface area contributed by atoms with E-state index in [1.54, 1.807) is 18.3 Å². The molecule has 4 rings (SSSR count). The number of hydrogen-bond donors (Lipinski definition) is 0. The zero-order valence-corrected chi connectivity index (χ0v) is 24.6. The van der Waals surface area contributed by atoms with Crippen molar-refractivity contribution in [2.75, 3.05) is 6.79 Å². The maximum Gasteiger partial charge on any atom is 0.231 e. The molecule has 2 aliphatic rings. The number of ether oxygens (including phenoxy) is 4. The fourth-order valence-corrected chi connectivity index (χ4v) is 5.12. The number of carbonyl (C=O) groups is 1. The lowest BCUT2D eigenvalue weighted by Gasteiger charge is -2.39. The van der Waals surface area contributed by atoms with Gasteiger partial charge < -0.3 is 28.2 Å². The number of oxime groups is 1. The number of aldehydes is 1. The molecule has 208 valence electrons. The molecule has 1 fully saturated rings. The second-order valence-corrected chi connectivity index (χ2v) is 16.3. The van der Waals surface area contributed by atoms with Crippen LogP contribution in [0.15, 0.2) is 47.6 Å².